The highest BCUT2D eigenvalue weighted by Crippen LogP contribution is 2.33. The zero-order valence-electron chi connectivity index (χ0n) is 14.5. The summed E-state index contributed by atoms with van der Waals surface area (Å²) in [6, 6.07) is 8.01. The second-order valence-corrected chi connectivity index (χ2v) is 6.38. The Balaban J connectivity index is 2.02. The average Bonchev–Trinajstić information content (AvgIpc) is 2.63. The molecule has 0 spiro atoms. The van der Waals surface area contributed by atoms with Crippen molar-refractivity contribution in [3.63, 3.8) is 0 Å². The second-order valence-electron chi connectivity index (χ2n) is 5.97. The number of urea groups is 1. The van der Waals surface area contributed by atoms with E-state index in [1.54, 1.807) is 6.07 Å². The van der Waals surface area contributed by atoms with E-state index in [0.717, 1.165) is 0 Å². The molecular weight excluding hydrogens is 391 g/mol. The molecule has 1 heterocycles. The van der Waals surface area contributed by atoms with E-state index in [2.05, 4.69) is 16.0 Å². The Hall–Kier alpha value is -3.46. The number of hydrogen-bond donors (Lipinski definition) is 3. The molecule has 2 aromatic rings. The third-order valence-corrected chi connectivity index (χ3v) is 4.46. The van der Waals surface area contributed by atoms with Crippen LogP contribution in [0.4, 0.5) is 20.6 Å². The average molecular weight is 405 g/mol. The van der Waals surface area contributed by atoms with Crippen molar-refractivity contribution in [3.8, 4) is 0 Å². The van der Waals surface area contributed by atoms with Gasteiger partial charge in [-0.3, -0.25) is 14.9 Å². The third kappa shape index (κ3) is 3.79. The number of nitrogens with zero attached hydrogens (tertiary/aromatic N) is 1. The molecule has 0 aromatic heterocycles. The van der Waals surface area contributed by atoms with Gasteiger partial charge in [0.1, 0.15) is 10.8 Å². The van der Waals surface area contributed by atoms with E-state index < -0.39 is 28.7 Å². The highest BCUT2D eigenvalue weighted by molar-refractivity contribution is 6.32. The smallest absolute Gasteiger partial charge is 0.319 e. The molecule has 1 aliphatic heterocycles. The number of hydrogen-bond acceptors (Lipinski definition) is 4. The van der Waals surface area contributed by atoms with Gasteiger partial charge in [0.15, 0.2) is 0 Å². The monoisotopic (exact) mass is 404 g/mol. The van der Waals surface area contributed by atoms with Gasteiger partial charge in [-0.15, -0.1) is 0 Å². The van der Waals surface area contributed by atoms with Gasteiger partial charge in [-0.2, -0.15) is 0 Å². The van der Waals surface area contributed by atoms with Crippen LogP contribution in [0.5, 0.6) is 0 Å². The van der Waals surface area contributed by atoms with Crippen molar-refractivity contribution in [2.75, 3.05) is 5.32 Å². The summed E-state index contributed by atoms with van der Waals surface area (Å²) < 4.78 is 13.9. The largest absolute Gasteiger partial charge is 0.327 e. The standard InChI is InChI=1S/C18H14ClFN4O4/c1-9-15(17(25)22-13-5-3-2-4-12(13)20)16(23-18(26)21-9)10-6-7-11(19)14(8-10)24(27)28/h2-8,16H,1H3,(H,22,25)(H2,21,23,26)/t16-/m1/s1. The third-order valence-electron chi connectivity index (χ3n) is 4.14. The summed E-state index contributed by atoms with van der Waals surface area (Å²) in [6.45, 7) is 1.51. The number of halogens is 2. The minimum Gasteiger partial charge on any atom is -0.327 e. The predicted octanol–water partition coefficient (Wildman–Crippen LogP) is 3.65. The van der Waals surface area contributed by atoms with Crippen molar-refractivity contribution in [2.24, 2.45) is 0 Å². The Morgan fingerprint density at radius 1 is 1.29 bits per heavy atom. The van der Waals surface area contributed by atoms with Crippen LogP contribution in [-0.4, -0.2) is 16.9 Å². The maximum atomic E-state index is 13.9. The molecule has 1 aliphatic rings. The fourth-order valence-electron chi connectivity index (χ4n) is 2.85. The molecule has 3 N–H and O–H groups in total. The van der Waals surface area contributed by atoms with Crippen LogP contribution in [0.2, 0.25) is 5.02 Å². The van der Waals surface area contributed by atoms with Gasteiger partial charge in [-0.05, 0) is 30.7 Å². The Labute approximate surface area is 163 Å². The number of nitro groups is 1. The van der Waals surface area contributed by atoms with E-state index in [1.165, 1.54) is 43.3 Å². The Kier molecular flexibility index (Phi) is 5.27. The number of para-hydroxylation sites is 1. The Morgan fingerprint density at radius 2 is 2.00 bits per heavy atom. The van der Waals surface area contributed by atoms with E-state index in [1.807, 2.05) is 0 Å². The zero-order chi connectivity index (χ0) is 20.4. The lowest BCUT2D eigenvalue weighted by molar-refractivity contribution is -0.384. The molecule has 2 aromatic carbocycles. The molecular formula is C18H14ClFN4O4. The van der Waals surface area contributed by atoms with Crippen molar-refractivity contribution >= 4 is 34.9 Å². The first-order chi connectivity index (χ1) is 13.3. The fraction of sp³-hybridized carbons (Fsp3) is 0.111. The maximum Gasteiger partial charge on any atom is 0.319 e. The molecule has 28 heavy (non-hydrogen) atoms. The number of carbonyl (C=O) groups is 2. The number of benzene rings is 2. The first-order valence-corrected chi connectivity index (χ1v) is 8.43. The van der Waals surface area contributed by atoms with Crippen molar-refractivity contribution in [3.05, 3.63) is 80.3 Å². The first kappa shape index (κ1) is 19.3. The van der Waals surface area contributed by atoms with Gasteiger partial charge < -0.3 is 16.0 Å². The lowest BCUT2D eigenvalue weighted by atomic mass is 9.94. The minimum atomic E-state index is -0.989. The highest BCUT2D eigenvalue weighted by atomic mass is 35.5. The van der Waals surface area contributed by atoms with Gasteiger partial charge in [0.05, 0.1) is 22.2 Å². The summed E-state index contributed by atoms with van der Waals surface area (Å²) in [6.07, 6.45) is 0. The summed E-state index contributed by atoms with van der Waals surface area (Å²) >= 11 is 5.84. The number of anilines is 1. The Morgan fingerprint density at radius 3 is 2.68 bits per heavy atom. The highest BCUT2D eigenvalue weighted by Gasteiger charge is 2.32. The molecule has 0 saturated carbocycles. The molecule has 0 aliphatic carbocycles. The van der Waals surface area contributed by atoms with Crippen molar-refractivity contribution < 1.29 is 18.9 Å². The minimum absolute atomic E-state index is 0.0365. The van der Waals surface area contributed by atoms with Gasteiger partial charge in [-0.25, -0.2) is 9.18 Å². The molecule has 0 radical (unpaired) electrons. The van der Waals surface area contributed by atoms with Crippen molar-refractivity contribution in [2.45, 2.75) is 13.0 Å². The van der Waals surface area contributed by atoms with Crippen LogP contribution in [0.25, 0.3) is 0 Å². The molecule has 3 rings (SSSR count). The summed E-state index contributed by atoms with van der Waals surface area (Å²) in [5, 5.41) is 18.6. The quantitative estimate of drug-likeness (QED) is 0.533. The molecule has 0 unspecified atom stereocenters. The summed E-state index contributed by atoms with van der Waals surface area (Å²) in [7, 11) is 0. The molecule has 10 heteroatoms. The van der Waals surface area contributed by atoms with E-state index in [9.17, 15) is 24.1 Å². The van der Waals surface area contributed by atoms with Crippen LogP contribution in [-0.2, 0) is 4.79 Å². The maximum absolute atomic E-state index is 13.9. The lowest BCUT2D eigenvalue weighted by Gasteiger charge is -2.28. The second kappa shape index (κ2) is 7.65. The summed E-state index contributed by atoms with van der Waals surface area (Å²) in [4.78, 5) is 35.2. The van der Waals surface area contributed by atoms with E-state index in [0.29, 0.717) is 0 Å². The van der Waals surface area contributed by atoms with Gasteiger partial charge in [0.2, 0.25) is 0 Å². The fourth-order valence-corrected chi connectivity index (χ4v) is 3.03. The van der Waals surface area contributed by atoms with Crippen LogP contribution >= 0.6 is 11.6 Å². The van der Waals surface area contributed by atoms with Gasteiger partial charge in [-0.1, -0.05) is 29.8 Å². The van der Waals surface area contributed by atoms with Crippen molar-refractivity contribution in [1.29, 1.82) is 0 Å². The topological polar surface area (TPSA) is 113 Å². The summed E-state index contributed by atoms with van der Waals surface area (Å²) in [5.74, 6) is -1.29. The van der Waals surface area contributed by atoms with E-state index >= 15 is 0 Å². The number of carbonyl (C=O) groups excluding carboxylic acids is 2. The molecule has 3 amide bonds. The first-order valence-electron chi connectivity index (χ1n) is 8.06. The van der Waals surface area contributed by atoms with Crippen LogP contribution in [0.1, 0.15) is 18.5 Å². The predicted molar refractivity (Wildman–Crippen MR) is 100 cm³/mol. The number of amides is 3. The molecule has 8 nitrogen and oxygen atoms in total. The number of allylic oxidation sites excluding steroid dienone is 1. The van der Waals surface area contributed by atoms with Crippen molar-refractivity contribution in [1.82, 2.24) is 10.6 Å². The molecule has 144 valence electrons. The van der Waals surface area contributed by atoms with Crippen LogP contribution in [0.15, 0.2) is 53.7 Å². The lowest BCUT2D eigenvalue weighted by Crippen LogP contribution is -2.46. The van der Waals surface area contributed by atoms with E-state index in [-0.39, 0.29) is 33.2 Å². The van der Waals surface area contributed by atoms with Crippen LogP contribution < -0.4 is 16.0 Å². The van der Waals surface area contributed by atoms with Gasteiger partial charge in [0, 0.05) is 11.8 Å². The molecule has 0 bridgehead atoms. The van der Waals surface area contributed by atoms with Gasteiger partial charge >= 0.3 is 6.03 Å². The Bertz CT molecular complexity index is 1020. The van der Waals surface area contributed by atoms with E-state index in [4.69, 9.17) is 11.6 Å². The number of nitrogens with one attached hydrogen (secondary N) is 3. The molecule has 1 atom stereocenters. The zero-order valence-corrected chi connectivity index (χ0v) is 15.2. The van der Waals surface area contributed by atoms with Crippen LogP contribution in [0.3, 0.4) is 0 Å². The normalized spacial score (nSPS) is 16.2. The number of rotatable bonds is 4. The van der Waals surface area contributed by atoms with Crippen LogP contribution in [0, 0.1) is 15.9 Å². The van der Waals surface area contributed by atoms with Gasteiger partial charge in [0.25, 0.3) is 11.6 Å². The SMILES string of the molecule is CC1=C(C(=O)Nc2ccccc2F)[C@@H](c2ccc(Cl)c([N+](=O)[O-])c2)NC(=O)N1. The number of nitro benzene ring substituents is 1. The molecule has 0 saturated heterocycles. The molecule has 0 fully saturated rings. The summed E-state index contributed by atoms with van der Waals surface area (Å²) in [5.41, 5.74) is 0.202.